The van der Waals surface area contributed by atoms with Crippen molar-refractivity contribution in [1.29, 1.82) is 0 Å². The van der Waals surface area contributed by atoms with Gasteiger partial charge in [-0.15, -0.1) is 0 Å². The maximum Gasteiger partial charge on any atom is 0.304 e. The first kappa shape index (κ1) is 14.3. The van der Waals surface area contributed by atoms with Crippen LogP contribution in [0.1, 0.15) is 34.7 Å². The minimum Gasteiger partial charge on any atom is -0.481 e. The molecule has 0 radical (unpaired) electrons. The van der Waals surface area contributed by atoms with E-state index in [1.165, 1.54) is 16.7 Å². The summed E-state index contributed by atoms with van der Waals surface area (Å²) >= 11 is 0. The van der Waals surface area contributed by atoms with E-state index in [-0.39, 0.29) is 12.3 Å². The van der Waals surface area contributed by atoms with Gasteiger partial charge in [0.25, 0.3) is 0 Å². The molecule has 0 aliphatic carbocycles. The van der Waals surface area contributed by atoms with Gasteiger partial charge in [0.2, 0.25) is 0 Å². The third kappa shape index (κ3) is 3.67. The fraction of sp³-hybridized carbons (Fsp3) is 0.294. The number of rotatable bonds is 5. The largest absolute Gasteiger partial charge is 0.481 e. The number of aryl methyl sites for hydroxylation is 2. The maximum atomic E-state index is 11.1. The molecule has 1 N–H and O–H groups in total. The van der Waals surface area contributed by atoms with Gasteiger partial charge in [0.1, 0.15) is 0 Å². The van der Waals surface area contributed by atoms with Crippen molar-refractivity contribution in [2.75, 3.05) is 0 Å². The highest BCUT2D eigenvalue weighted by atomic mass is 16.4. The number of hydrogen-bond donors (Lipinski definition) is 1. The van der Waals surface area contributed by atoms with E-state index < -0.39 is 5.97 Å². The van der Waals surface area contributed by atoms with Crippen LogP contribution in [0.5, 0.6) is 0 Å². The van der Waals surface area contributed by atoms with Gasteiger partial charge in [0.15, 0.2) is 0 Å². The molecule has 1 atom stereocenters. The average Bonchev–Trinajstić information content (AvgIpc) is 2.42. The second-order valence-corrected chi connectivity index (χ2v) is 5.18. The standard InChI is InChI=1S/C17H19NO2/c1-12-6-7-13(2)14(9-12)10-15(11-17(19)20)16-5-3-4-8-18-16/h3-9,15H,10-11H2,1-2H3,(H,19,20). The van der Waals surface area contributed by atoms with Crippen LogP contribution < -0.4 is 0 Å². The third-order valence-electron chi connectivity index (χ3n) is 3.50. The molecule has 0 bridgehead atoms. The molecule has 1 aromatic heterocycles. The Hall–Kier alpha value is -2.16. The van der Waals surface area contributed by atoms with Crippen LogP contribution in [0.25, 0.3) is 0 Å². The van der Waals surface area contributed by atoms with Crippen LogP contribution >= 0.6 is 0 Å². The van der Waals surface area contributed by atoms with Gasteiger partial charge in [-0.1, -0.05) is 29.8 Å². The van der Waals surface area contributed by atoms with Crippen molar-refractivity contribution in [2.24, 2.45) is 0 Å². The Morgan fingerprint density at radius 3 is 2.70 bits per heavy atom. The van der Waals surface area contributed by atoms with Crippen LogP contribution in [-0.4, -0.2) is 16.1 Å². The number of carbonyl (C=O) groups is 1. The molecular formula is C17H19NO2. The summed E-state index contributed by atoms with van der Waals surface area (Å²) in [5, 5.41) is 9.12. The van der Waals surface area contributed by atoms with Gasteiger partial charge in [-0.25, -0.2) is 0 Å². The summed E-state index contributed by atoms with van der Waals surface area (Å²) < 4.78 is 0. The number of aliphatic carboxylic acids is 1. The molecule has 1 heterocycles. The normalized spacial score (nSPS) is 12.1. The van der Waals surface area contributed by atoms with Crippen molar-refractivity contribution in [3.8, 4) is 0 Å². The Morgan fingerprint density at radius 1 is 1.25 bits per heavy atom. The van der Waals surface area contributed by atoms with Crippen molar-refractivity contribution in [1.82, 2.24) is 4.98 Å². The molecule has 1 aromatic carbocycles. The predicted molar refractivity (Wildman–Crippen MR) is 78.9 cm³/mol. The van der Waals surface area contributed by atoms with Crippen molar-refractivity contribution in [3.05, 3.63) is 65.0 Å². The van der Waals surface area contributed by atoms with E-state index >= 15 is 0 Å². The quantitative estimate of drug-likeness (QED) is 0.903. The number of benzene rings is 1. The van der Waals surface area contributed by atoms with Gasteiger partial charge in [0.05, 0.1) is 6.42 Å². The summed E-state index contributed by atoms with van der Waals surface area (Å²) in [4.78, 5) is 15.4. The smallest absolute Gasteiger partial charge is 0.304 e. The van der Waals surface area contributed by atoms with E-state index in [4.69, 9.17) is 5.11 Å². The first-order chi connectivity index (χ1) is 9.56. The summed E-state index contributed by atoms with van der Waals surface area (Å²) in [7, 11) is 0. The van der Waals surface area contributed by atoms with E-state index in [1.807, 2.05) is 18.2 Å². The molecule has 2 rings (SSSR count). The molecule has 0 amide bonds. The molecule has 104 valence electrons. The van der Waals surface area contributed by atoms with Crippen LogP contribution in [0, 0.1) is 13.8 Å². The minimum atomic E-state index is -0.786. The molecule has 3 nitrogen and oxygen atoms in total. The van der Waals surface area contributed by atoms with E-state index in [1.54, 1.807) is 6.20 Å². The Labute approximate surface area is 119 Å². The second kappa shape index (κ2) is 6.33. The Bertz CT molecular complexity index is 593. The number of aromatic nitrogens is 1. The van der Waals surface area contributed by atoms with Gasteiger partial charge in [-0.05, 0) is 43.5 Å². The van der Waals surface area contributed by atoms with Gasteiger partial charge >= 0.3 is 5.97 Å². The third-order valence-corrected chi connectivity index (χ3v) is 3.50. The van der Waals surface area contributed by atoms with Crippen molar-refractivity contribution in [3.63, 3.8) is 0 Å². The summed E-state index contributed by atoms with van der Waals surface area (Å²) in [6.45, 7) is 4.11. The fourth-order valence-corrected chi connectivity index (χ4v) is 2.40. The van der Waals surface area contributed by atoms with E-state index in [9.17, 15) is 4.79 Å². The number of carboxylic acids is 1. The molecule has 2 aromatic rings. The Kier molecular flexibility index (Phi) is 4.51. The lowest BCUT2D eigenvalue weighted by atomic mass is 9.90. The highest BCUT2D eigenvalue weighted by molar-refractivity contribution is 5.68. The lowest BCUT2D eigenvalue weighted by Crippen LogP contribution is -2.11. The van der Waals surface area contributed by atoms with E-state index in [0.717, 1.165) is 5.69 Å². The highest BCUT2D eigenvalue weighted by Crippen LogP contribution is 2.25. The van der Waals surface area contributed by atoms with Gasteiger partial charge in [-0.2, -0.15) is 0 Å². The van der Waals surface area contributed by atoms with E-state index in [0.29, 0.717) is 6.42 Å². The highest BCUT2D eigenvalue weighted by Gasteiger charge is 2.18. The molecule has 1 unspecified atom stereocenters. The lowest BCUT2D eigenvalue weighted by molar-refractivity contribution is -0.137. The summed E-state index contributed by atoms with van der Waals surface area (Å²) in [6, 6.07) is 11.9. The fourth-order valence-electron chi connectivity index (χ4n) is 2.40. The maximum absolute atomic E-state index is 11.1. The molecule has 20 heavy (non-hydrogen) atoms. The summed E-state index contributed by atoms with van der Waals surface area (Å²) in [5.41, 5.74) is 4.43. The molecule has 0 spiro atoms. The molecule has 0 saturated carbocycles. The predicted octanol–water partition coefficient (Wildman–Crippen LogP) is 3.50. The number of nitrogens with zero attached hydrogens (tertiary/aromatic N) is 1. The van der Waals surface area contributed by atoms with E-state index in [2.05, 4.69) is 37.0 Å². The lowest BCUT2D eigenvalue weighted by Gasteiger charge is -2.16. The van der Waals surface area contributed by atoms with Crippen LogP contribution in [0.3, 0.4) is 0 Å². The summed E-state index contributed by atoms with van der Waals surface area (Å²) in [6.07, 6.45) is 2.52. The van der Waals surface area contributed by atoms with Crippen molar-refractivity contribution >= 4 is 5.97 Å². The average molecular weight is 269 g/mol. The monoisotopic (exact) mass is 269 g/mol. The zero-order valence-corrected chi connectivity index (χ0v) is 11.8. The molecular weight excluding hydrogens is 250 g/mol. The zero-order valence-electron chi connectivity index (χ0n) is 11.8. The number of pyridine rings is 1. The Morgan fingerprint density at radius 2 is 2.05 bits per heavy atom. The molecule has 3 heteroatoms. The first-order valence-corrected chi connectivity index (χ1v) is 6.75. The molecule has 0 saturated heterocycles. The zero-order chi connectivity index (χ0) is 14.5. The number of hydrogen-bond acceptors (Lipinski definition) is 2. The molecule has 0 aliphatic rings. The van der Waals surface area contributed by atoms with Gasteiger partial charge in [-0.3, -0.25) is 9.78 Å². The van der Waals surface area contributed by atoms with Crippen LogP contribution in [-0.2, 0) is 11.2 Å². The van der Waals surface area contributed by atoms with Crippen LogP contribution in [0.4, 0.5) is 0 Å². The van der Waals surface area contributed by atoms with Crippen molar-refractivity contribution < 1.29 is 9.90 Å². The minimum absolute atomic E-state index is 0.0887. The van der Waals surface area contributed by atoms with Crippen LogP contribution in [0.15, 0.2) is 42.6 Å². The first-order valence-electron chi connectivity index (χ1n) is 6.75. The second-order valence-electron chi connectivity index (χ2n) is 5.18. The SMILES string of the molecule is Cc1ccc(C)c(CC(CC(=O)O)c2ccccn2)c1. The topological polar surface area (TPSA) is 50.2 Å². The molecule has 0 aliphatic heterocycles. The van der Waals surface area contributed by atoms with Gasteiger partial charge < -0.3 is 5.11 Å². The molecule has 0 fully saturated rings. The van der Waals surface area contributed by atoms with Crippen LogP contribution in [0.2, 0.25) is 0 Å². The van der Waals surface area contributed by atoms with Crippen molar-refractivity contribution in [2.45, 2.75) is 32.6 Å². The van der Waals surface area contributed by atoms with Gasteiger partial charge in [0, 0.05) is 17.8 Å². The summed E-state index contributed by atoms with van der Waals surface area (Å²) in [5.74, 6) is -0.875. The Balaban J connectivity index is 2.28. The number of carboxylic acid groups (broad SMARTS) is 1.